The summed E-state index contributed by atoms with van der Waals surface area (Å²) in [5.41, 5.74) is 0.785. The zero-order valence-corrected chi connectivity index (χ0v) is 12.8. The second kappa shape index (κ2) is 7.39. The maximum atomic E-state index is 13.5. The van der Waals surface area contributed by atoms with Crippen molar-refractivity contribution in [3.8, 4) is 0 Å². The van der Waals surface area contributed by atoms with Gasteiger partial charge in [0.15, 0.2) is 0 Å². The lowest BCUT2D eigenvalue weighted by Gasteiger charge is -2.35. The molecule has 126 valence electrons. The SMILES string of the molecule is CC(=O)OC1CCC(F)(F)CC1NC(=O)OCc1ccccc1. The summed E-state index contributed by atoms with van der Waals surface area (Å²) in [7, 11) is 0. The van der Waals surface area contributed by atoms with Crippen LogP contribution in [0, 0.1) is 0 Å². The van der Waals surface area contributed by atoms with Crippen LogP contribution in [-0.2, 0) is 20.9 Å². The number of benzene rings is 1. The van der Waals surface area contributed by atoms with Gasteiger partial charge in [0, 0.05) is 19.8 Å². The van der Waals surface area contributed by atoms with Gasteiger partial charge in [0.05, 0.1) is 6.04 Å². The van der Waals surface area contributed by atoms with E-state index in [1.54, 1.807) is 24.3 Å². The molecule has 2 atom stereocenters. The third-order valence-electron chi connectivity index (χ3n) is 3.60. The van der Waals surface area contributed by atoms with Crippen molar-refractivity contribution < 1.29 is 27.8 Å². The Morgan fingerprint density at radius 3 is 2.65 bits per heavy atom. The van der Waals surface area contributed by atoms with Gasteiger partial charge in [-0.1, -0.05) is 30.3 Å². The Kier molecular flexibility index (Phi) is 5.52. The summed E-state index contributed by atoms with van der Waals surface area (Å²) < 4.78 is 37.1. The predicted octanol–water partition coefficient (Wildman–Crippen LogP) is 3.03. The summed E-state index contributed by atoms with van der Waals surface area (Å²) in [5, 5.41) is 2.38. The summed E-state index contributed by atoms with van der Waals surface area (Å²) in [6, 6.07) is 8.03. The van der Waals surface area contributed by atoms with Gasteiger partial charge in [-0.3, -0.25) is 4.79 Å². The van der Waals surface area contributed by atoms with Gasteiger partial charge in [0.2, 0.25) is 5.92 Å². The quantitative estimate of drug-likeness (QED) is 0.863. The molecule has 7 heteroatoms. The molecule has 1 fully saturated rings. The smallest absolute Gasteiger partial charge is 0.407 e. The molecule has 2 unspecified atom stereocenters. The molecule has 0 heterocycles. The average molecular weight is 327 g/mol. The number of ether oxygens (including phenoxy) is 2. The first-order chi connectivity index (χ1) is 10.9. The van der Waals surface area contributed by atoms with E-state index < -0.39 is 36.6 Å². The van der Waals surface area contributed by atoms with Crippen LogP contribution in [0.4, 0.5) is 13.6 Å². The van der Waals surface area contributed by atoms with Crippen LogP contribution in [0.1, 0.15) is 31.7 Å². The topological polar surface area (TPSA) is 64.6 Å². The molecule has 1 aromatic rings. The van der Waals surface area contributed by atoms with Gasteiger partial charge in [-0.25, -0.2) is 13.6 Å². The molecular weight excluding hydrogens is 308 g/mol. The first-order valence-electron chi connectivity index (χ1n) is 7.38. The average Bonchev–Trinajstić information content (AvgIpc) is 2.48. The minimum atomic E-state index is -2.89. The summed E-state index contributed by atoms with van der Waals surface area (Å²) >= 11 is 0. The zero-order valence-electron chi connectivity index (χ0n) is 12.8. The van der Waals surface area contributed by atoms with Crippen molar-refractivity contribution in [2.24, 2.45) is 0 Å². The number of esters is 1. The Bertz CT molecular complexity index is 550. The van der Waals surface area contributed by atoms with Crippen molar-refractivity contribution in [3.05, 3.63) is 35.9 Å². The molecule has 0 radical (unpaired) electrons. The lowest BCUT2D eigenvalue weighted by Crippen LogP contribution is -2.51. The van der Waals surface area contributed by atoms with Crippen molar-refractivity contribution in [2.45, 2.75) is 50.9 Å². The highest BCUT2D eigenvalue weighted by molar-refractivity contribution is 5.68. The first kappa shape index (κ1) is 17.2. The molecule has 23 heavy (non-hydrogen) atoms. The highest BCUT2D eigenvalue weighted by Gasteiger charge is 2.43. The normalized spacial score (nSPS) is 22.9. The highest BCUT2D eigenvalue weighted by Crippen LogP contribution is 2.34. The van der Waals surface area contributed by atoms with Crippen LogP contribution in [-0.4, -0.2) is 30.1 Å². The lowest BCUT2D eigenvalue weighted by molar-refractivity contribution is -0.155. The maximum absolute atomic E-state index is 13.5. The van der Waals surface area contributed by atoms with E-state index in [1.807, 2.05) is 6.07 Å². The van der Waals surface area contributed by atoms with E-state index >= 15 is 0 Å². The molecular formula is C16H19F2NO4. The third-order valence-corrected chi connectivity index (χ3v) is 3.60. The second-order valence-electron chi connectivity index (χ2n) is 5.56. The van der Waals surface area contributed by atoms with Crippen LogP contribution < -0.4 is 5.32 Å². The summed E-state index contributed by atoms with van der Waals surface area (Å²) in [6.07, 6.45) is -2.53. The van der Waals surface area contributed by atoms with Gasteiger partial charge in [-0.2, -0.15) is 0 Å². The molecule has 1 aromatic carbocycles. The molecule has 1 N–H and O–H groups in total. The standard InChI is InChI=1S/C16H19F2NO4/c1-11(20)23-14-7-8-16(17,18)9-13(14)19-15(21)22-10-12-5-3-2-4-6-12/h2-6,13-14H,7-10H2,1H3,(H,19,21). The molecule has 0 aromatic heterocycles. The van der Waals surface area contributed by atoms with E-state index in [4.69, 9.17) is 9.47 Å². The third kappa shape index (κ3) is 5.50. The number of carbonyl (C=O) groups excluding carboxylic acids is 2. The monoisotopic (exact) mass is 327 g/mol. The fourth-order valence-electron chi connectivity index (χ4n) is 2.52. The van der Waals surface area contributed by atoms with E-state index in [2.05, 4.69) is 5.32 Å². The van der Waals surface area contributed by atoms with Crippen LogP contribution in [0.15, 0.2) is 30.3 Å². The molecule has 1 aliphatic rings. The van der Waals surface area contributed by atoms with Crippen molar-refractivity contribution in [2.75, 3.05) is 0 Å². The van der Waals surface area contributed by atoms with Gasteiger partial charge in [-0.05, 0) is 12.0 Å². The second-order valence-corrected chi connectivity index (χ2v) is 5.56. The van der Waals surface area contributed by atoms with Crippen molar-refractivity contribution >= 4 is 12.1 Å². The number of alkyl halides is 2. The van der Waals surface area contributed by atoms with Gasteiger partial charge >= 0.3 is 12.1 Å². The van der Waals surface area contributed by atoms with Crippen LogP contribution in [0.3, 0.4) is 0 Å². The fourth-order valence-corrected chi connectivity index (χ4v) is 2.52. The fraction of sp³-hybridized carbons (Fsp3) is 0.500. The number of hydrogen-bond donors (Lipinski definition) is 1. The van der Waals surface area contributed by atoms with Crippen LogP contribution in [0.25, 0.3) is 0 Å². The van der Waals surface area contributed by atoms with Gasteiger partial charge in [0.25, 0.3) is 0 Å². The van der Waals surface area contributed by atoms with Gasteiger partial charge < -0.3 is 14.8 Å². The molecule has 0 aliphatic heterocycles. The molecule has 2 rings (SSSR count). The number of amides is 1. The summed E-state index contributed by atoms with van der Waals surface area (Å²) in [4.78, 5) is 22.9. The minimum absolute atomic E-state index is 0.00376. The lowest BCUT2D eigenvalue weighted by atomic mass is 9.89. The molecule has 5 nitrogen and oxygen atoms in total. The van der Waals surface area contributed by atoms with Crippen LogP contribution in [0.5, 0.6) is 0 Å². The number of alkyl carbamates (subject to hydrolysis) is 1. The Hall–Kier alpha value is -2.18. The number of halogens is 2. The first-order valence-corrected chi connectivity index (χ1v) is 7.38. The Morgan fingerprint density at radius 1 is 1.30 bits per heavy atom. The van der Waals surface area contributed by atoms with Crippen LogP contribution >= 0.6 is 0 Å². The molecule has 1 saturated carbocycles. The highest BCUT2D eigenvalue weighted by atomic mass is 19.3. The molecule has 1 aliphatic carbocycles. The molecule has 1 amide bonds. The Labute approximate surface area is 133 Å². The number of rotatable bonds is 4. The Balaban J connectivity index is 1.90. The summed E-state index contributed by atoms with van der Waals surface area (Å²) in [5.74, 6) is -3.46. The molecule has 0 saturated heterocycles. The van der Waals surface area contributed by atoms with Gasteiger partial charge in [0.1, 0.15) is 12.7 Å². The van der Waals surface area contributed by atoms with E-state index in [0.717, 1.165) is 5.56 Å². The minimum Gasteiger partial charge on any atom is -0.460 e. The molecule has 0 spiro atoms. The van der Waals surface area contributed by atoms with Crippen molar-refractivity contribution in [1.29, 1.82) is 0 Å². The van der Waals surface area contributed by atoms with E-state index in [9.17, 15) is 18.4 Å². The van der Waals surface area contributed by atoms with Crippen molar-refractivity contribution in [1.82, 2.24) is 5.32 Å². The molecule has 0 bridgehead atoms. The van der Waals surface area contributed by atoms with Gasteiger partial charge in [-0.15, -0.1) is 0 Å². The van der Waals surface area contributed by atoms with Crippen molar-refractivity contribution in [3.63, 3.8) is 0 Å². The van der Waals surface area contributed by atoms with Crippen LogP contribution in [0.2, 0.25) is 0 Å². The zero-order chi connectivity index (χ0) is 16.9. The Morgan fingerprint density at radius 2 is 2.00 bits per heavy atom. The van der Waals surface area contributed by atoms with E-state index in [1.165, 1.54) is 6.92 Å². The van der Waals surface area contributed by atoms with E-state index in [0.29, 0.717) is 0 Å². The van der Waals surface area contributed by atoms with E-state index in [-0.39, 0.29) is 19.4 Å². The largest absolute Gasteiger partial charge is 0.460 e. The number of nitrogens with one attached hydrogen (secondary N) is 1. The summed E-state index contributed by atoms with van der Waals surface area (Å²) in [6.45, 7) is 1.24. The number of hydrogen-bond acceptors (Lipinski definition) is 4. The number of carbonyl (C=O) groups is 2. The maximum Gasteiger partial charge on any atom is 0.407 e. The predicted molar refractivity (Wildman–Crippen MR) is 77.9 cm³/mol.